The van der Waals surface area contributed by atoms with Gasteiger partial charge in [-0.1, -0.05) is 73.9 Å². The number of methoxy groups -OCH3 is 1. The van der Waals surface area contributed by atoms with E-state index in [-0.39, 0.29) is 23.3 Å². The highest BCUT2D eigenvalue weighted by Gasteiger charge is 2.24. The van der Waals surface area contributed by atoms with Gasteiger partial charge in [-0.25, -0.2) is 13.6 Å². The Labute approximate surface area is 320 Å². The monoisotopic (exact) mass is 748 g/mol. The maximum Gasteiger partial charge on any atom is 0.253 e. The van der Waals surface area contributed by atoms with Crippen LogP contribution in [0.2, 0.25) is 0 Å². The van der Waals surface area contributed by atoms with E-state index in [4.69, 9.17) is 9.88 Å². The van der Waals surface area contributed by atoms with Crippen LogP contribution >= 0.6 is 0 Å². The van der Waals surface area contributed by atoms with Crippen LogP contribution < -0.4 is 15.2 Å². The Hall–Kier alpha value is -4.77. The normalized spacial score (nSPS) is 15.7. The van der Waals surface area contributed by atoms with Gasteiger partial charge in [-0.15, -0.1) is 0 Å². The number of nitrogens with zero attached hydrogens (tertiary/aromatic N) is 2. The number of hydrogen-bond acceptors (Lipinski definition) is 6. The molecular formula is C44H52N4O5S. The van der Waals surface area contributed by atoms with Gasteiger partial charge in [0.05, 0.1) is 12.0 Å². The molecule has 9 nitrogen and oxygen atoms in total. The zero-order chi connectivity index (χ0) is 37.9. The highest BCUT2D eigenvalue weighted by atomic mass is 32.2. The van der Waals surface area contributed by atoms with Gasteiger partial charge in [0, 0.05) is 37.8 Å². The average molecular weight is 749 g/mol. The molecular weight excluding hydrogens is 697 g/mol. The number of carbonyl (C=O) groups excluding carboxylic acids is 2. The summed E-state index contributed by atoms with van der Waals surface area (Å²) in [6.45, 7) is 4.48. The van der Waals surface area contributed by atoms with Crippen molar-refractivity contribution in [2.45, 2.75) is 62.9 Å². The minimum atomic E-state index is -3.84. The second-order valence-corrected chi connectivity index (χ2v) is 16.2. The first kappa shape index (κ1) is 38.9. The van der Waals surface area contributed by atoms with Gasteiger partial charge < -0.3 is 19.9 Å². The summed E-state index contributed by atoms with van der Waals surface area (Å²) in [4.78, 5) is 31.1. The molecule has 284 valence electrons. The third kappa shape index (κ3) is 10.9. The van der Waals surface area contributed by atoms with E-state index in [1.54, 1.807) is 30.2 Å². The van der Waals surface area contributed by atoms with Crippen molar-refractivity contribution in [3.05, 3.63) is 125 Å². The molecule has 2 saturated heterocycles. The number of rotatable bonds is 14. The number of piperidine rings is 2. The van der Waals surface area contributed by atoms with Crippen molar-refractivity contribution in [2.24, 2.45) is 17.0 Å². The lowest BCUT2D eigenvalue weighted by molar-refractivity contribution is -0.127. The summed E-state index contributed by atoms with van der Waals surface area (Å²) in [5.74, 6) is 2.18. The lowest BCUT2D eigenvalue weighted by atomic mass is 9.87. The lowest BCUT2D eigenvalue weighted by Crippen LogP contribution is -2.38. The van der Waals surface area contributed by atoms with E-state index in [1.165, 1.54) is 50.3 Å². The van der Waals surface area contributed by atoms with Crippen LogP contribution in [0.3, 0.4) is 0 Å². The highest BCUT2D eigenvalue weighted by Crippen LogP contribution is 2.28. The topological polar surface area (TPSA) is 122 Å². The molecule has 0 aliphatic carbocycles. The molecule has 0 aromatic heterocycles. The predicted molar refractivity (Wildman–Crippen MR) is 214 cm³/mol. The average Bonchev–Trinajstić information content (AvgIpc) is 3.20. The van der Waals surface area contributed by atoms with Crippen LogP contribution in [0.5, 0.6) is 5.75 Å². The molecule has 4 aromatic rings. The van der Waals surface area contributed by atoms with E-state index in [2.05, 4.69) is 11.4 Å². The van der Waals surface area contributed by atoms with Gasteiger partial charge in [-0.3, -0.25) is 9.59 Å². The Bertz CT molecular complexity index is 2000. The van der Waals surface area contributed by atoms with E-state index in [1.807, 2.05) is 71.6 Å². The summed E-state index contributed by atoms with van der Waals surface area (Å²) in [6.07, 6.45) is 12.0. The molecule has 0 bridgehead atoms. The minimum Gasteiger partial charge on any atom is -0.497 e. The van der Waals surface area contributed by atoms with Crippen LogP contribution in [-0.4, -0.2) is 63.3 Å². The first-order valence-corrected chi connectivity index (χ1v) is 20.6. The zero-order valence-corrected chi connectivity index (χ0v) is 32.0. The summed E-state index contributed by atoms with van der Waals surface area (Å²) in [5.41, 5.74) is 5.10. The van der Waals surface area contributed by atoms with E-state index in [9.17, 15) is 18.0 Å². The first-order valence-electron chi connectivity index (χ1n) is 19.1. The van der Waals surface area contributed by atoms with Crippen LogP contribution in [0.4, 0.5) is 0 Å². The van der Waals surface area contributed by atoms with E-state index in [0.29, 0.717) is 18.0 Å². The fourth-order valence-electron chi connectivity index (χ4n) is 7.58. The molecule has 0 atom stereocenters. The van der Waals surface area contributed by atoms with Gasteiger partial charge in [0.15, 0.2) is 0 Å². The van der Waals surface area contributed by atoms with Crippen molar-refractivity contribution in [3.63, 3.8) is 0 Å². The molecule has 2 aliphatic heterocycles. The molecule has 10 heteroatoms. The molecule has 0 unspecified atom stereocenters. The van der Waals surface area contributed by atoms with Crippen molar-refractivity contribution < 1.29 is 22.7 Å². The highest BCUT2D eigenvalue weighted by molar-refractivity contribution is 7.89. The summed E-state index contributed by atoms with van der Waals surface area (Å²) < 4.78 is 28.9. The van der Waals surface area contributed by atoms with E-state index in [0.717, 1.165) is 78.5 Å². The van der Waals surface area contributed by atoms with E-state index < -0.39 is 10.0 Å². The van der Waals surface area contributed by atoms with Gasteiger partial charge in [-0.2, -0.15) is 0 Å². The largest absolute Gasteiger partial charge is 0.497 e. The fraction of sp³-hybridized carbons (Fsp3) is 0.364. The van der Waals surface area contributed by atoms with Crippen LogP contribution in [-0.2, 0) is 27.9 Å². The molecule has 6 rings (SSSR count). The second-order valence-electron chi connectivity index (χ2n) is 14.6. The Kier molecular flexibility index (Phi) is 13.4. The third-order valence-corrected chi connectivity index (χ3v) is 11.7. The van der Waals surface area contributed by atoms with E-state index >= 15 is 0 Å². The Morgan fingerprint density at radius 3 is 2.11 bits per heavy atom. The number of benzene rings is 4. The number of primary sulfonamides is 1. The van der Waals surface area contributed by atoms with Crippen LogP contribution in [0.15, 0.2) is 108 Å². The SMILES string of the molecule is COc1ccc(/C=C/C(=O)N(Cc2ccc(S(N)(=O)=O)cc2)Cc2cccc(-c3cccc(C(=O)N4CCC(CCCC5CCNCC5)CC4)c3)c2)cc1. The Morgan fingerprint density at radius 1 is 0.815 bits per heavy atom. The smallest absolute Gasteiger partial charge is 0.253 e. The first-order chi connectivity index (χ1) is 26.1. The maximum absolute atomic E-state index is 13.7. The number of nitrogens with two attached hydrogens (primary N) is 1. The summed E-state index contributed by atoms with van der Waals surface area (Å²) in [5, 5.41) is 8.77. The molecule has 2 heterocycles. The Morgan fingerprint density at radius 2 is 1.44 bits per heavy atom. The van der Waals surface area contributed by atoms with Crippen molar-refractivity contribution in [2.75, 3.05) is 33.3 Å². The zero-order valence-electron chi connectivity index (χ0n) is 31.2. The van der Waals surface area contributed by atoms with Crippen molar-refractivity contribution in [1.82, 2.24) is 15.1 Å². The number of nitrogens with one attached hydrogen (secondary N) is 1. The van der Waals surface area contributed by atoms with Crippen LogP contribution in [0.25, 0.3) is 17.2 Å². The number of likely N-dealkylation sites (tertiary alicyclic amines) is 1. The van der Waals surface area contributed by atoms with Crippen molar-refractivity contribution in [1.29, 1.82) is 0 Å². The molecule has 2 fully saturated rings. The summed E-state index contributed by atoms with van der Waals surface area (Å²) >= 11 is 0. The molecule has 4 aromatic carbocycles. The van der Waals surface area contributed by atoms with Crippen molar-refractivity contribution >= 4 is 27.9 Å². The molecule has 0 spiro atoms. The third-order valence-electron chi connectivity index (χ3n) is 10.8. The van der Waals surface area contributed by atoms with Gasteiger partial charge in [0.2, 0.25) is 15.9 Å². The summed E-state index contributed by atoms with van der Waals surface area (Å²) in [6, 6.07) is 29.5. The number of hydrogen-bond donors (Lipinski definition) is 2. The molecule has 2 amide bonds. The molecule has 0 radical (unpaired) electrons. The molecule has 3 N–H and O–H groups in total. The number of carbonyl (C=O) groups is 2. The molecule has 54 heavy (non-hydrogen) atoms. The summed E-state index contributed by atoms with van der Waals surface area (Å²) in [7, 11) is -2.23. The second kappa shape index (κ2) is 18.5. The van der Waals surface area contributed by atoms with Gasteiger partial charge in [0.1, 0.15) is 5.75 Å². The van der Waals surface area contributed by atoms with Crippen LogP contribution in [0, 0.1) is 11.8 Å². The quantitative estimate of drug-likeness (QED) is 0.131. The Balaban J connectivity index is 1.12. The lowest BCUT2D eigenvalue weighted by Gasteiger charge is -2.32. The molecule has 2 aliphatic rings. The molecule has 0 saturated carbocycles. The predicted octanol–water partition coefficient (Wildman–Crippen LogP) is 7.27. The number of sulfonamides is 1. The fourth-order valence-corrected chi connectivity index (χ4v) is 8.09. The number of ether oxygens (including phenoxy) is 1. The maximum atomic E-state index is 13.7. The van der Waals surface area contributed by atoms with Crippen LogP contribution in [0.1, 0.15) is 72.0 Å². The number of amides is 2. The minimum absolute atomic E-state index is 0.0137. The standard InChI is InChI=1S/C44H52N4O5S/c1-53-41-16-11-35(12-17-41)15-20-43(49)48(31-36-13-18-42(19-14-36)54(45,51)52)32-37-7-3-8-38(29-37)39-9-4-10-40(30-39)44(50)47-27-23-34(24-28-47)6-2-5-33-21-25-46-26-22-33/h3-4,7-20,29-30,33-34,46H,2,5-6,21-28,31-32H2,1H3,(H2,45,51,52)/b20-15+. The van der Waals surface area contributed by atoms with Gasteiger partial charge >= 0.3 is 0 Å². The van der Waals surface area contributed by atoms with Gasteiger partial charge in [0.25, 0.3) is 5.91 Å². The van der Waals surface area contributed by atoms with Crippen molar-refractivity contribution in [3.8, 4) is 16.9 Å². The van der Waals surface area contributed by atoms with Gasteiger partial charge in [-0.05, 0) is 127 Å².